The molecule has 164 valence electrons. The summed E-state index contributed by atoms with van der Waals surface area (Å²) in [7, 11) is -3.72. The number of nitrogens with zero attached hydrogens (tertiary/aromatic N) is 1. The molecule has 6 heteroatoms. The van der Waals surface area contributed by atoms with Gasteiger partial charge in [0.15, 0.2) is 0 Å². The van der Waals surface area contributed by atoms with E-state index in [-0.39, 0.29) is 4.90 Å². The molecule has 0 amide bonds. The highest BCUT2D eigenvalue weighted by molar-refractivity contribution is 7.89. The molecule has 1 atom stereocenters. The van der Waals surface area contributed by atoms with Crippen LogP contribution in [-0.2, 0) is 16.4 Å². The van der Waals surface area contributed by atoms with E-state index in [0.29, 0.717) is 25.3 Å². The fourth-order valence-electron chi connectivity index (χ4n) is 4.57. The number of ether oxygens (including phenoxy) is 1. The normalized spacial score (nSPS) is 16.8. The summed E-state index contributed by atoms with van der Waals surface area (Å²) < 4.78 is 34.7. The van der Waals surface area contributed by atoms with Crippen LogP contribution in [0.25, 0.3) is 10.9 Å². The van der Waals surface area contributed by atoms with Crippen LogP contribution < -0.4 is 4.74 Å². The predicted molar refractivity (Wildman–Crippen MR) is 127 cm³/mol. The number of rotatable bonds is 5. The van der Waals surface area contributed by atoms with Gasteiger partial charge >= 0.3 is 0 Å². The Kier molecular flexibility index (Phi) is 5.27. The van der Waals surface area contributed by atoms with E-state index in [9.17, 15) is 8.42 Å². The smallest absolute Gasteiger partial charge is 0.244 e. The van der Waals surface area contributed by atoms with E-state index in [1.165, 1.54) is 5.56 Å². The van der Waals surface area contributed by atoms with E-state index >= 15 is 0 Å². The van der Waals surface area contributed by atoms with Crippen molar-refractivity contribution in [3.8, 4) is 5.75 Å². The van der Waals surface area contributed by atoms with Crippen LogP contribution in [0, 0.1) is 6.92 Å². The molecule has 1 aliphatic rings. The SMILES string of the molecule is CCOc1ccc(S(=O)(=O)N2CCc3c([nH]c4ccccc34)[C@@H]2c2ccc(C)cc2)cc1. The lowest BCUT2D eigenvalue weighted by Gasteiger charge is -2.35. The van der Waals surface area contributed by atoms with Crippen molar-refractivity contribution < 1.29 is 13.2 Å². The number of sulfonamides is 1. The third-order valence-corrected chi connectivity index (χ3v) is 8.00. The van der Waals surface area contributed by atoms with Gasteiger partial charge in [0.05, 0.1) is 17.5 Å². The number of benzene rings is 3. The molecule has 5 nitrogen and oxygen atoms in total. The van der Waals surface area contributed by atoms with Crippen LogP contribution in [0.1, 0.15) is 35.3 Å². The summed E-state index contributed by atoms with van der Waals surface area (Å²) >= 11 is 0. The van der Waals surface area contributed by atoms with Gasteiger partial charge in [0.25, 0.3) is 0 Å². The number of aryl methyl sites for hydroxylation is 1. The van der Waals surface area contributed by atoms with Crippen molar-refractivity contribution in [2.24, 2.45) is 0 Å². The highest BCUT2D eigenvalue weighted by Crippen LogP contribution is 2.41. The Bertz CT molecular complexity index is 1360. The third kappa shape index (κ3) is 3.49. The zero-order valence-electron chi connectivity index (χ0n) is 18.2. The highest BCUT2D eigenvalue weighted by atomic mass is 32.2. The lowest BCUT2D eigenvalue weighted by Crippen LogP contribution is -2.40. The highest BCUT2D eigenvalue weighted by Gasteiger charge is 2.39. The largest absolute Gasteiger partial charge is 0.494 e. The Hall–Kier alpha value is -3.09. The molecule has 3 aromatic carbocycles. The van der Waals surface area contributed by atoms with E-state index in [0.717, 1.165) is 27.7 Å². The number of nitrogens with one attached hydrogen (secondary N) is 1. The van der Waals surface area contributed by atoms with Crippen molar-refractivity contribution in [3.05, 3.63) is 95.2 Å². The topological polar surface area (TPSA) is 62.4 Å². The molecule has 1 aliphatic heterocycles. The fourth-order valence-corrected chi connectivity index (χ4v) is 6.16. The maximum absolute atomic E-state index is 13.8. The van der Waals surface area contributed by atoms with Gasteiger partial charge in [-0.25, -0.2) is 8.42 Å². The molecule has 5 rings (SSSR count). The Labute approximate surface area is 188 Å². The third-order valence-electron chi connectivity index (χ3n) is 6.12. The minimum absolute atomic E-state index is 0.276. The predicted octanol–water partition coefficient (Wildman–Crippen LogP) is 5.21. The van der Waals surface area contributed by atoms with Gasteiger partial charge in [0.1, 0.15) is 5.75 Å². The average Bonchev–Trinajstić information content (AvgIpc) is 3.18. The molecule has 1 aromatic heterocycles. The van der Waals surface area contributed by atoms with Crippen LogP contribution >= 0.6 is 0 Å². The van der Waals surface area contributed by atoms with Crippen molar-refractivity contribution in [2.75, 3.05) is 13.2 Å². The van der Waals surface area contributed by atoms with Gasteiger partial charge in [-0.2, -0.15) is 4.31 Å². The van der Waals surface area contributed by atoms with Crippen molar-refractivity contribution in [3.63, 3.8) is 0 Å². The van der Waals surface area contributed by atoms with Crippen molar-refractivity contribution >= 4 is 20.9 Å². The van der Waals surface area contributed by atoms with E-state index in [2.05, 4.69) is 11.1 Å². The van der Waals surface area contributed by atoms with Crippen LogP contribution in [0.3, 0.4) is 0 Å². The number of hydrogen-bond acceptors (Lipinski definition) is 3. The molecule has 0 unspecified atom stereocenters. The standard InChI is InChI=1S/C26H26N2O3S/c1-3-31-20-12-14-21(15-13-20)32(29,30)28-17-16-23-22-6-4-5-7-24(22)27-25(23)26(28)19-10-8-18(2)9-11-19/h4-15,26-27H,3,16-17H2,1-2H3/t26-/m0/s1. The maximum atomic E-state index is 13.8. The second-order valence-electron chi connectivity index (χ2n) is 8.15. The first kappa shape index (κ1) is 20.8. The van der Waals surface area contributed by atoms with E-state index in [1.54, 1.807) is 28.6 Å². The molecule has 0 radical (unpaired) electrons. The lowest BCUT2D eigenvalue weighted by atomic mass is 9.94. The summed E-state index contributed by atoms with van der Waals surface area (Å²) in [5.74, 6) is 0.665. The van der Waals surface area contributed by atoms with Crippen LogP contribution in [0.5, 0.6) is 5.75 Å². The molecule has 2 heterocycles. The zero-order chi connectivity index (χ0) is 22.3. The van der Waals surface area contributed by atoms with Crippen molar-refractivity contribution in [1.82, 2.24) is 9.29 Å². The number of fused-ring (bicyclic) bond motifs is 3. The minimum atomic E-state index is -3.72. The van der Waals surface area contributed by atoms with Crippen LogP contribution in [-0.4, -0.2) is 30.9 Å². The second kappa shape index (κ2) is 8.11. The zero-order valence-corrected chi connectivity index (χ0v) is 19.0. The van der Waals surface area contributed by atoms with Crippen LogP contribution in [0.2, 0.25) is 0 Å². The van der Waals surface area contributed by atoms with Crippen molar-refractivity contribution in [1.29, 1.82) is 0 Å². The molecule has 0 saturated carbocycles. The number of hydrogen-bond donors (Lipinski definition) is 1. The Morgan fingerprint density at radius 2 is 1.72 bits per heavy atom. The number of H-pyrrole nitrogens is 1. The van der Waals surface area contributed by atoms with Crippen LogP contribution in [0.15, 0.2) is 77.7 Å². The summed E-state index contributed by atoms with van der Waals surface area (Å²) in [6, 6.07) is 22.6. The quantitative estimate of drug-likeness (QED) is 0.458. The Morgan fingerprint density at radius 1 is 1.00 bits per heavy atom. The van der Waals surface area contributed by atoms with Gasteiger partial charge in [-0.1, -0.05) is 48.0 Å². The molecule has 0 bridgehead atoms. The molecule has 0 spiro atoms. The van der Waals surface area contributed by atoms with E-state index < -0.39 is 16.1 Å². The molecule has 4 aromatic rings. The number of aromatic amines is 1. The molecule has 0 fully saturated rings. The summed E-state index contributed by atoms with van der Waals surface area (Å²) in [4.78, 5) is 3.81. The summed E-state index contributed by atoms with van der Waals surface area (Å²) in [6.07, 6.45) is 0.665. The monoisotopic (exact) mass is 446 g/mol. The Balaban J connectivity index is 1.64. The van der Waals surface area contributed by atoms with Gasteiger partial charge in [-0.3, -0.25) is 0 Å². The maximum Gasteiger partial charge on any atom is 0.244 e. The molecular weight excluding hydrogens is 420 g/mol. The average molecular weight is 447 g/mol. The minimum Gasteiger partial charge on any atom is -0.494 e. The Morgan fingerprint density at radius 3 is 2.44 bits per heavy atom. The van der Waals surface area contributed by atoms with Gasteiger partial charge < -0.3 is 9.72 Å². The van der Waals surface area contributed by atoms with Gasteiger partial charge in [-0.05, 0) is 61.7 Å². The first-order valence-electron chi connectivity index (χ1n) is 10.9. The summed E-state index contributed by atoms with van der Waals surface area (Å²) in [5.41, 5.74) is 5.29. The van der Waals surface area contributed by atoms with Gasteiger partial charge in [0, 0.05) is 23.1 Å². The van der Waals surface area contributed by atoms with Crippen molar-refractivity contribution in [2.45, 2.75) is 31.2 Å². The fraction of sp³-hybridized carbons (Fsp3) is 0.231. The van der Waals surface area contributed by atoms with Crippen LogP contribution in [0.4, 0.5) is 0 Å². The molecular formula is C26H26N2O3S. The molecule has 0 aliphatic carbocycles. The first-order valence-corrected chi connectivity index (χ1v) is 12.3. The lowest BCUT2D eigenvalue weighted by molar-refractivity contribution is 0.337. The molecule has 32 heavy (non-hydrogen) atoms. The van der Waals surface area contributed by atoms with Gasteiger partial charge in [-0.15, -0.1) is 0 Å². The second-order valence-corrected chi connectivity index (χ2v) is 10.0. The number of aromatic nitrogens is 1. The summed E-state index contributed by atoms with van der Waals surface area (Å²) in [5, 5.41) is 1.16. The molecule has 0 saturated heterocycles. The van der Waals surface area contributed by atoms with E-state index in [4.69, 9.17) is 4.74 Å². The molecule has 1 N–H and O–H groups in total. The summed E-state index contributed by atoms with van der Waals surface area (Å²) in [6.45, 7) is 4.90. The number of para-hydroxylation sites is 1. The first-order chi connectivity index (χ1) is 15.5. The van der Waals surface area contributed by atoms with E-state index in [1.807, 2.05) is 56.3 Å². The van der Waals surface area contributed by atoms with Gasteiger partial charge in [0.2, 0.25) is 10.0 Å².